The van der Waals surface area contributed by atoms with Crippen molar-refractivity contribution >= 4 is 27.3 Å². The molecule has 2 aliphatic rings. The third kappa shape index (κ3) is 5.83. The molecule has 0 atom stereocenters. The largest absolute Gasteiger partial charge is 0.492 e. The number of amides is 1. The van der Waals surface area contributed by atoms with Crippen molar-refractivity contribution in [2.24, 2.45) is 0 Å². The van der Waals surface area contributed by atoms with Crippen LogP contribution in [-0.4, -0.2) is 74.5 Å². The van der Waals surface area contributed by atoms with Crippen LogP contribution in [0.5, 0.6) is 5.75 Å². The lowest BCUT2D eigenvalue weighted by molar-refractivity contribution is -0.130. The summed E-state index contributed by atoms with van der Waals surface area (Å²) in [6.45, 7) is 3.94. The molecule has 1 aromatic carbocycles. The summed E-state index contributed by atoms with van der Waals surface area (Å²) in [5.74, 6) is 0.196. The molecule has 0 bridgehead atoms. The zero-order chi connectivity index (χ0) is 19.3. The van der Waals surface area contributed by atoms with E-state index in [1.807, 2.05) is 12.1 Å². The van der Waals surface area contributed by atoms with E-state index in [4.69, 9.17) is 16.3 Å². The van der Waals surface area contributed by atoms with Gasteiger partial charge < -0.3 is 9.64 Å². The van der Waals surface area contributed by atoms with Crippen molar-refractivity contribution in [1.82, 2.24) is 9.80 Å². The molecule has 1 aromatic rings. The van der Waals surface area contributed by atoms with Gasteiger partial charge in [-0.2, -0.15) is 0 Å². The maximum Gasteiger partial charge on any atom is 0.237 e. The van der Waals surface area contributed by atoms with E-state index in [1.165, 1.54) is 0 Å². The number of rotatable bonds is 7. The highest BCUT2D eigenvalue weighted by Crippen LogP contribution is 2.25. The molecule has 1 saturated heterocycles. The Morgan fingerprint density at radius 2 is 1.70 bits per heavy atom. The fourth-order valence-electron chi connectivity index (χ4n) is 3.67. The highest BCUT2D eigenvalue weighted by molar-refractivity contribution is 7.92. The first-order valence-corrected chi connectivity index (χ1v) is 11.6. The Morgan fingerprint density at radius 3 is 2.33 bits per heavy atom. The summed E-state index contributed by atoms with van der Waals surface area (Å²) < 4.78 is 30.4. The molecule has 0 radical (unpaired) electrons. The van der Waals surface area contributed by atoms with E-state index in [1.54, 1.807) is 17.0 Å². The Morgan fingerprint density at radius 1 is 1.07 bits per heavy atom. The smallest absolute Gasteiger partial charge is 0.237 e. The fourth-order valence-corrected chi connectivity index (χ4v) is 5.61. The molecule has 6 nitrogen and oxygen atoms in total. The molecule has 27 heavy (non-hydrogen) atoms. The van der Waals surface area contributed by atoms with E-state index in [2.05, 4.69) is 4.90 Å². The molecule has 8 heteroatoms. The zero-order valence-corrected chi connectivity index (χ0v) is 17.1. The number of carbonyl (C=O) groups is 1. The predicted molar refractivity (Wildman–Crippen MR) is 106 cm³/mol. The minimum Gasteiger partial charge on any atom is -0.492 e. The molecule has 0 spiro atoms. The van der Waals surface area contributed by atoms with Gasteiger partial charge >= 0.3 is 0 Å². The fraction of sp³-hybridized carbons (Fsp3) is 0.632. The lowest BCUT2D eigenvalue weighted by Crippen LogP contribution is -2.51. The highest BCUT2D eigenvalue weighted by atomic mass is 35.5. The lowest BCUT2D eigenvalue weighted by Gasteiger charge is -2.34. The summed E-state index contributed by atoms with van der Waals surface area (Å²) in [6.07, 6.45) is 3.32. The molecule has 1 aliphatic heterocycles. The van der Waals surface area contributed by atoms with Crippen LogP contribution < -0.4 is 4.74 Å². The number of nitrogens with zero attached hydrogens (tertiary/aromatic N) is 2. The van der Waals surface area contributed by atoms with Crippen LogP contribution in [0.25, 0.3) is 0 Å². The molecule has 3 rings (SSSR count). The van der Waals surface area contributed by atoms with Gasteiger partial charge in [0.25, 0.3) is 0 Å². The molecule has 1 aliphatic carbocycles. The van der Waals surface area contributed by atoms with Crippen molar-refractivity contribution in [3.8, 4) is 5.75 Å². The van der Waals surface area contributed by atoms with E-state index in [9.17, 15) is 13.2 Å². The summed E-state index contributed by atoms with van der Waals surface area (Å²) in [4.78, 5) is 16.3. The molecule has 1 amide bonds. The van der Waals surface area contributed by atoms with Crippen molar-refractivity contribution in [3.05, 3.63) is 29.3 Å². The van der Waals surface area contributed by atoms with Crippen LogP contribution in [0.4, 0.5) is 0 Å². The number of piperazine rings is 1. The van der Waals surface area contributed by atoms with Crippen LogP contribution in [0.1, 0.15) is 25.7 Å². The number of hydrogen-bond donors (Lipinski definition) is 0. The van der Waals surface area contributed by atoms with Crippen molar-refractivity contribution in [2.45, 2.75) is 30.9 Å². The predicted octanol–water partition coefficient (Wildman–Crippen LogP) is 2.22. The second-order valence-electron chi connectivity index (χ2n) is 7.24. The standard InChI is InChI=1S/C19H27ClN2O4S/c20-16-5-7-17(8-6-16)26-14-13-21-9-11-22(12-10-21)19(23)15-27(24,25)18-3-1-2-4-18/h5-8,18H,1-4,9-15H2. The minimum absolute atomic E-state index is 0.251. The molecule has 2 fully saturated rings. The summed E-state index contributed by atoms with van der Waals surface area (Å²) >= 11 is 5.85. The first-order chi connectivity index (χ1) is 12.9. The van der Waals surface area contributed by atoms with Crippen LogP contribution in [0.2, 0.25) is 5.02 Å². The van der Waals surface area contributed by atoms with E-state index in [0.717, 1.165) is 38.2 Å². The Balaban J connectivity index is 1.38. The number of benzene rings is 1. The maximum atomic E-state index is 12.4. The normalized spacial score (nSPS) is 19.4. The molecule has 1 saturated carbocycles. The molecule has 150 valence electrons. The Labute approximate surface area is 166 Å². The topological polar surface area (TPSA) is 66.9 Å². The zero-order valence-electron chi connectivity index (χ0n) is 15.5. The molecule has 0 N–H and O–H groups in total. The van der Waals surface area contributed by atoms with Gasteiger partial charge in [0.15, 0.2) is 9.84 Å². The molecular formula is C19H27ClN2O4S. The summed E-state index contributed by atoms with van der Waals surface area (Å²) in [5, 5.41) is 0.367. The average molecular weight is 415 g/mol. The monoisotopic (exact) mass is 414 g/mol. The summed E-state index contributed by atoms with van der Waals surface area (Å²) in [6, 6.07) is 7.26. The number of halogens is 1. The van der Waals surface area contributed by atoms with Crippen LogP contribution >= 0.6 is 11.6 Å². The van der Waals surface area contributed by atoms with Crippen LogP contribution in [0, 0.1) is 0 Å². The average Bonchev–Trinajstić information content (AvgIpc) is 3.19. The highest BCUT2D eigenvalue weighted by Gasteiger charge is 2.32. The SMILES string of the molecule is O=C(CS(=O)(=O)C1CCCC1)N1CCN(CCOc2ccc(Cl)cc2)CC1. The summed E-state index contributed by atoms with van der Waals surface area (Å²) in [7, 11) is -3.30. The minimum atomic E-state index is -3.30. The van der Waals surface area contributed by atoms with Gasteiger partial charge in [-0.3, -0.25) is 9.69 Å². The molecular weight excluding hydrogens is 388 g/mol. The van der Waals surface area contributed by atoms with Gasteiger partial charge in [0.2, 0.25) is 5.91 Å². The number of ether oxygens (including phenoxy) is 1. The van der Waals surface area contributed by atoms with Crippen molar-refractivity contribution in [1.29, 1.82) is 0 Å². The lowest BCUT2D eigenvalue weighted by atomic mass is 10.3. The van der Waals surface area contributed by atoms with Crippen molar-refractivity contribution in [2.75, 3.05) is 45.1 Å². The Hall–Kier alpha value is -1.31. The third-order valence-corrected chi connectivity index (χ3v) is 7.74. The Kier molecular flexibility index (Phi) is 7.00. The van der Waals surface area contributed by atoms with Gasteiger partial charge in [-0.15, -0.1) is 0 Å². The van der Waals surface area contributed by atoms with Crippen LogP contribution in [0.3, 0.4) is 0 Å². The van der Waals surface area contributed by atoms with E-state index < -0.39 is 9.84 Å². The number of sulfone groups is 1. The second kappa shape index (κ2) is 9.26. The van der Waals surface area contributed by atoms with Gasteiger partial charge in [-0.1, -0.05) is 24.4 Å². The third-order valence-electron chi connectivity index (χ3n) is 5.35. The molecule has 0 aromatic heterocycles. The maximum absolute atomic E-state index is 12.4. The van der Waals surface area contributed by atoms with Crippen LogP contribution in [-0.2, 0) is 14.6 Å². The van der Waals surface area contributed by atoms with Gasteiger partial charge in [-0.25, -0.2) is 8.42 Å². The first-order valence-electron chi connectivity index (χ1n) is 9.54. The number of carbonyl (C=O) groups excluding carboxylic acids is 1. The van der Waals surface area contributed by atoms with E-state index >= 15 is 0 Å². The van der Waals surface area contributed by atoms with Gasteiger partial charge in [-0.05, 0) is 37.1 Å². The quantitative estimate of drug-likeness (QED) is 0.684. The van der Waals surface area contributed by atoms with Gasteiger partial charge in [0.05, 0.1) is 5.25 Å². The van der Waals surface area contributed by atoms with Gasteiger partial charge in [0.1, 0.15) is 18.1 Å². The summed E-state index contributed by atoms with van der Waals surface area (Å²) in [5.41, 5.74) is 0. The van der Waals surface area contributed by atoms with E-state index in [0.29, 0.717) is 37.6 Å². The Bertz CT molecular complexity index is 725. The van der Waals surface area contributed by atoms with Crippen molar-refractivity contribution in [3.63, 3.8) is 0 Å². The molecule has 1 heterocycles. The first kappa shape index (κ1) is 20.4. The second-order valence-corrected chi connectivity index (χ2v) is 9.96. The van der Waals surface area contributed by atoms with E-state index in [-0.39, 0.29) is 16.9 Å². The van der Waals surface area contributed by atoms with Crippen molar-refractivity contribution < 1.29 is 17.9 Å². The molecule has 0 unspecified atom stereocenters. The van der Waals surface area contributed by atoms with Crippen LogP contribution in [0.15, 0.2) is 24.3 Å². The van der Waals surface area contributed by atoms with Gasteiger partial charge in [0, 0.05) is 37.7 Å². The number of hydrogen-bond acceptors (Lipinski definition) is 5.